The molecule has 0 heterocycles. The Bertz CT molecular complexity index is 83.6. The molecule has 0 aromatic heterocycles. The molecule has 0 aliphatic heterocycles. The molecule has 68 valence electrons. The summed E-state index contributed by atoms with van der Waals surface area (Å²) in [7, 11) is 0. The summed E-state index contributed by atoms with van der Waals surface area (Å²) in [6, 6.07) is 0. The van der Waals surface area contributed by atoms with Crippen LogP contribution in [-0.4, -0.2) is 22.9 Å². The van der Waals surface area contributed by atoms with E-state index >= 15 is 0 Å². The predicted molar refractivity (Wildman–Crippen MR) is 46.4 cm³/mol. The molecule has 11 heavy (non-hydrogen) atoms. The molecule has 0 aliphatic carbocycles. The molecule has 0 bridgehead atoms. The molecule has 0 amide bonds. The lowest BCUT2D eigenvalue weighted by molar-refractivity contribution is 0.0495. The molecule has 0 radical (unpaired) electrons. The van der Waals surface area contributed by atoms with Crippen molar-refractivity contribution < 1.29 is 10.2 Å². The van der Waals surface area contributed by atoms with E-state index in [9.17, 15) is 5.11 Å². The minimum absolute atomic E-state index is 0.104. The Morgan fingerprint density at radius 2 is 1.91 bits per heavy atom. The Morgan fingerprint density at radius 3 is 2.36 bits per heavy atom. The van der Waals surface area contributed by atoms with Gasteiger partial charge >= 0.3 is 0 Å². The smallest absolute Gasteiger partial charge is 0.0796 e. The summed E-state index contributed by atoms with van der Waals surface area (Å²) >= 11 is 0. The molecule has 0 aliphatic rings. The van der Waals surface area contributed by atoms with Gasteiger partial charge < -0.3 is 10.2 Å². The zero-order valence-electron chi connectivity index (χ0n) is 7.58. The Balaban J connectivity index is 3.28. The first-order valence-electron chi connectivity index (χ1n) is 4.51. The summed E-state index contributed by atoms with van der Waals surface area (Å²) < 4.78 is 0. The quantitative estimate of drug-likeness (QED) is 0.579. The summed E-state index contributed by atoms with van der Waals surface area (Å²) in [4.78, 5) is 0. The lowest BCUT2D eigenvalue weighted by atomic mass is 9.98. The first-order chi connectivity index (χ1) is 5.22. The zero-order chi connectivity index (χ0) is 8.69. The molecule has 0 saturated carbocycles. The number of hydrogen-bond acceptors (Lipinski definition) is 2. The molecule has 0 fully saturated rings. The third-order valence-corrected chi connectivity index (χ3v) is 2.11. The first-order valence-corrected chi connectivity index (χ1v) is 4.51. The molecule has 0 saturated heterocycles. The molecule has 2 N–H and O–H groups in total. The van der Waals surface area contributed by atoms with Gasteiger partial charge in [-0.3, -0.25) is 0 Å². The van der Waals surface area contributed by atoms with Crippen molar-refractivity contribution in [2.75, 3.05) is 6.61 Å². The van der Waals surface area contributed by atoms with Crippen molar-refractivity contribution in [2.45, 2.75) is 45.6 Å². The molecule has 0 aromatic carbocycles. The van der Waals surface area contributed by atoms with Crippen LogP contribution in [0.4, 0.5) is 0 Å². The Hall–Kier alpha value is -0.0800. The van der Waals surface area contributed by atoms with Gasteiger partial charge in [-0.2, -0.15) is 0 Å². The second-order valence-corrected chi connectivity index (χ2v) is 3.22. The van der Waals surface area contributed by atoms with Gasteiger partial charge in [0.25, 0.3) is 0 Å². The van der Waals surface area contributed by atoms with E-state index in [4.69, 9.17) is 5.11 Å². The molecule has 2 nitrogen and oxygen atoms in total. The van der Waals surface area contributed by atoms with Crippen LogP contribution in [0, 0.1) is 5.92 Å². The average molecular weight is 160 g/mol. The monoisotopic (exact) mass is 160 g/mol. The van der Waals surface area contributed by atoms with Crippen LogP contribution in [0.25, 0.3) is 0 Å². The van der Waals surface area contributed by atoms with Gasteiger partial charge in [0.2, 0.25) is 0 Å². The van der Waals surface area contributed by atoms with Crippen molar-refractivity contribution in [1.82, 2.24) is 0 Å². The summed E-state index contributed by atoms with van der Waals surface area (Å²) in [5, 5.41) is 17.8. The van der Waals surface area contributed by atoms with Gasteiger partial charge in [0.05, 0.1) is 12.7 Å². The fourth-order valence-electron chi connectivity index (χ4n) is 1.09. The van der Waals surface area contributed by atoms with E-state index in [0.717, 1.165) is 12.8 Å². The minimum atomic E-state index is -0.521. The highest BCUT2D eigenvalue weighted by molar-refractivity contribution is 4.62. The maximum atomic E-state index is 9.18. The van der Waals surface area contributed by atoms with Crippen LogP contribution in [0.2, 0.25) is 0 Å². The van der Waals surface area contributed by atoms with E-state index in [-0.39, 0.29) is 12.5 Å². The third kappa shape index (κ3) is 5.22. The van der Waals surface area contributed by atoms with Gasteiger partial charge in [-0.1, -0.05) is 33.1 Å². The molecular formula is C9H20O2. The molecule has 2 atom stereocenters. The average Bonchev–Trinajstić information content (AvgIpc) is 2.03. The van der Waals surface area contributed by atoms with Gasteiger partial charge in [0.15, 0.2) is 0 Å². The highest BCUT2D eigenvalue weighted by Crippen LogP contribution is 2.12. The maximum absolute atomic E-state index is 9.18. The highest BCUT2D eigenvalue weighted by atomic mass is 16.3. The van der Waals surface area contributed by atoms with Crippen LogP contribution in [0.1, 0.15) is 39.5 Å². The summed E-state index contributed by atoms with van der Waals surface area (Å²) in [6.07, 6.45) is 4.10. The molecule has 2 heteroatoms. The van der Waals surface area contributed by atoms with Crippen molar-refractivity contribution in [3.63, 3.8) is 0 Å². The fraction of sp³-hybridized carbons (Fsp3) is 1.00. The molecule has 0 aromatic rings. The second-order valence-electron chi connectivity index (χ2n) is 3.22. The van der Waals surface area contributed by atoms with E-state index < -0.39 is 6.10 Å². The summed E-state index contributed by atoms with van der Waals surface area (Å²) in [6.45, 7) is 4.04. The van der Waals surface area contributed by atoms with E-state index in [0.29, 0.717) is 0 Å². The SMILES string of the molecule is CCCCCC(C)C(O)CO. The van der Waals surface area contributed by atoms with Crippen molar-refractivity contribution in [3.05, 3.63) is 0 Å². The summed E-state index contributed by atoms with van der Waals surface area (Å²) in [5.41, 5.74) is 0. The van der Waals surface area contributed by atoms with Gasteiger partial charge in [-0.05, 0) is 12.3 Å². The standard InChI is InChI=1S/C9H20O2/c1-3-4-5-6-8(2)9(11)7-10/h8-11H,3-7H2,1-2H3. The van der Waals surface area contributed by atoms with Gasteiger partial charge in [0, 0.05) is 0 Å². The van der Waals surface area contributed by atoms with E-state index in [2.05, 4.69) is 6.92 Å². The van der Waals surface area contributed by atoms with Crippen molar-refractivity contribution in [3.8, 4) is 0 Å². The number of aliphatic hydroxyl groups is 2. The lowest BCUT2D eigenvalue weighted by Crippen LogP contribution is -2.21. The van der Waals surface area contributed by atoms with Crippen molar-refractivity contribution >= 4 is 0 Å². The van der Waals surface area contributed by atoms with E-state index in [1.165, 1.54) is 12.8 Å². The van der Waals surface area contributed by atoms with Crippen LogP contribution in [0.3, 0.4) is 0 Å². The highest BCUT2D eigenvalue weighted by Gasteiger charge is 2.11. The van der Waals surface area contributed by atoms with Crippen molar-refractivity contribution in [1.29, 1.82) is 0 Å². The molecule has 0 rings (SSSR count). The third-order valence-electron chi connectivity index (χ3n) is 2.11. The van der Waals surface area contributed by atoms with Crippen LogP contribution in [0.15, 0.2) is 0 Å². The lowest BCUT2D eigenvalue weighted by Gasteiger charge is -2.15. The number of hydrogen-bond donors (Lipinski definition) is 2. The summed E-state index contributed by atoms with van der Waals surface area (Å²) in [5.74, 6) is 0.242. The van der Waals surface area contributed by atoms with Gasteiger partial charge in [-0.25, -0.2) is 0 Å². The zero-order valence-corrected chi connectivity index (χ0v) is 7.58. The fourth-order valence-corrected chi connectivity index (χ4v) is 1.09. The van der Waals surface area contributed by atoms with Crippen LogP contribution in [-0.2, 0) is 0 Å². The van der Waals surface area contributed by atoms with Crippen molar-refractivity contribution in [2.24, 2.45) is 5.92 Å². The van der Waals surface area contributed by atoms with Gasteiger partial charge in [0.1, 0.15) is 0 Å². The molecule has 0 spiro atoms. The topological polar surface area (TPSA) is 40.5 Å². The van der Waals surface area contributed by atoms with Gasteiger partial charge in [-0.15, -0.1) is 0 Å². The number of unbranched alkanes of at least 4 members (excludes halogenated alkanes) is 2. The Labute approximate surface area is 69.2 Å². The van der Waals surface area contributed by atoms with E-state index in [1.807, 2.05) is 6.92 Å². The number of rotatable bonds is 6. The van der Waals surface area contributed by atoms with Crippen LogP contribution >= 0.6 is 0 Å². The van der Waals surface area contributed by atoms with E-state index in [1.54, 1.807) is 0 Å². The Morgan fingerprint density at radius 1 is 1.27 bits per heavy atom. The largest absolute Gasteiger partial charge is 0.394 e. The Kier molecular flexibility index (Phi) is 6.57. The predicted octanol–water partition coefficient (Wildman–Crippen LogP) is 1.56. The van der Waals surface area contributed by atoms with Crippen LogP contribution in [0.5, 0.6) is 0 Å². The molecular weight excluding hydrogens is 140 g/mol. The second kappa shape index (κ2) is 6.62. The maximum Gasteiger partial charge on any atom is 0.0796 e. The first kappa shape index (κ1) is 10.9. The number of aliphatic hydroxyl groups excluding tert-OH is 2. The molecule has 2 unspecified atom stereocenters. The normalized spacial score (nSPS) is 16.4. The minimum Gasteiger partial charge on any atom is -0.394 e. The van der Waals surface area contributed by atoms with Crippen LogP contribution < -0.4 is 0 Å².